The molecule has 1 aliphatic rings. The van der Waals surface area contributed by atoms with E-state index in [1.165, 1.54) is 12.1 Å². The van der Waals surface area contributed by atoms with Crippen LogP contribution in [0.4, 0.5) is 0 Å². The molecule has 0 amide bonds. The van der Waals surface area contributed by atoms with Gasteiger partial charge in [0.25, 0.3) is 0 Å². The van der Waals surface area contributed by atoms with Gasteiger partial charge in [0.15, 0.2) is 17.3 Å². The number of rotatable bonds is 0. The predicted molar refractivity (Wildman–Crippen MR) is 47.0 cm³/mol. The smallest absolute Gasteiger partial charge is 0.166 e. The molecule has 3 nitrogen and oxygen atoms in total. The molecular weight excluding hydrogens is 168 g/mol. The van der Waals surface area contributed by atoms with Crippen molar-refractivity contribution < 1.29 is 15.0 Å². The van der Waals surface area contributed by atoms with E-state index in [1.807, 2.05) is 6.92 Å². The quantitative estimate of drug-likeness (QED) is 0.591. The van der Waals surface area contributed by atoms with Crippen LogP contribution >= 0.6 is 0 Å². The molecule has 0 aliphatic heterocycles. The van der Waals surface area contributed by atoms with Gasteiger partial charge < -0.3 is 10.2 Å². The molecule has 0 bridgehead atoms. The Labute approximate surface area is 75.6 Å². The number of benzene rings is 1. The van der Waals surface area contributed by atoms with Crippen LogP contribution in [0.25, 0.3) is 0 Å². The Morgan fingerprint density at radius 2 is 1.92 bits per heavy atom. The summed E-state index contributed by atoms with van der Waals surface area (Å²) in [6.45, 7) is 1.84. The van der Waals surface area contributed by atoms with E-state index in [4.69, 9.17) is 0 Å². The van der Waals surface area contributed by atoms with Crippen LogP contribution in [0.15, 0.2) is 12.1 Å². The monoisotopic (exact) mass is 178 g/mol. The number of aromatic hydroxyl groups is 2. The van der Waals surface area contributed by atoms with Crippen LogP contribution in [0.3, 0.4) is 0 Å². The molecule has 2 rings (SSSR count). The standard InChI is InChI=1S/C10H10O3/c1-5-2-6-3-8(11)9(12)4-7(6)10(5)13/h3-5,11-12H,2H2,1H3/t5-/m1/s1. The van der Waals surface area contributed by atoms with Crippen molar-refractivity contribution in [2.45, 2.75) is 13.3 Å². The number of carbonyl (C=O) groups excluding carboxylic acids is 1. The topological polar surface area (TPSA) is 57.5 Å². The summed E-state index contributed by atoms with van der Waals surface area (Å²) in [7, 11) is 0. The van der Waals surface area contributed by atoms with Crippen LogP contribution in [-0.4, -0.2) is 16.0 Å². The van der Waals surface area contributed by atoms with Crippen LogP contribution in [0.1, 0.15) is 22.8 Å². The second-order valence-corrected chi connectivity index (χ2v) is 3.47. The third-order valence-corrected chi connectivity index (χ3v) is 2.44. The number of ketones is 1. The van der Waals surface area contributed by atoms with Crippen LogP contribution < -0.4 is 0 Å². The van der Waals surface area contributed by atoms with Crippen LogP contribution in [0, 0.1) is 5.92 Å². The fourth-order valence-corrected chi connectivity index (χ4v) is 1.71. The maximum atomic E-state index is 11.5. The minimum Gasteiger partial charge on any atom is -0.504 e. The Hall–Kier alpha value is -1.51. The average Bonchev–Trinajstić information content (AvgIpc) is 2.32. The molecule has 1 aliphatic carbocycles. The Kier molecular flexibility index (Phi) is 1.55. The van der Waals surface area contributed by atoms with Crippen LogP contribution in [-0.2, 0) is 6.42 Å². The molecule has 0 saturated heterocycles. The average molecular weight is 178 g/mol. The van der Waals surface area contributed by atoms with Crippen molar-refractivity contribution in [3.63, 3.8) is 0 Å². The van der Waals surface area contributed by atoms with Gasteiger partial charge in [0.1, 0.15) is 0 Å². The van der Waals surface area contributed by atoms with Crippen molar-refractivity contribution in [2.24, 2.45) is 5.92 Å². The summed E-state index contributed by atoms with van der Waals surface area (Å²) in [4.78, 5) is 11.5. The van der Waals surface area contributed by atoms with Crippen molar-refractivity contribution >= 4 is 5.78 Å². The first kappa shape index (κ1) is 8.10. The minimum atomic E-state index is -0.221. The van der Waals surface area contributed by atoms with E-state index in [0.29, 0.717) is 12.0 Å². The third-order valence-electron chi connectivity index (χ3n) is 2.44. The van der Waals surface area contributed by atoms with Crippen molar-refractivity contribution in [1.29, 1.82) is 0 Å². The number of phenols is 2. The van der Waals surface area contributed by atoms with E-state index >= 15 is 0 Å². The molecule has 2 N–H and O–H groups in total. The summed E-state index contributed by atoms with van der Waals surface area (Å²) >= 11 is 0. The first-order valence-corrected chi connectivity index (χ1v) is 4.18. The number of carbonyl (C=O) groups is 1. The Morgan fingerprint density at radius 3 is 2.62 bits per heavy atom. The summed E-state index contributed by atoms with van der Waals surface area (Å²) in [6.07, 6.45) is 0.655. The zero-order valence-corrected chi connectivity index (χ0v) is 7.24. The Morgan fingerprint density at radius 1 is 1.31 bits per heavy atom. The summed E-state index contributed by atoms with van der Waals surface area (Å²) in [5.41, 5.74) is 1.37. The number of Topliss-reactive ketones (excluding diaryl/α,β-unsaturated/α-hetero) is 1. The number of fused-ring (bicyclic) bond motifs is 1. The van der Waals surface area contributed by atoms with Gasteiger partial charge in [-0.05, 0) is 24.1 Å². The van der Waals surface area contributed by atoms with E-state index < -0.39 is 0 Å². The molecule has 1 aromatic rings. The molecule has 0 fully saturated rings. The summed E-state index contributed by atoms with van der Waals surface area (Å²) in [5.74, 6) is -0.358. The summed E-state index contributed by atoms with van der Waals surface area (Å²) < 4.78 is 0. The third kappa shape index (κ3) is 1.08. The van der Waals surface area contributed by atoms with Gasteiger partial charge in [-0.1, -0.05) is 6.92 Å². The molecule has 3 heteroatoms. The van der Waals surface area contributed by atoms with Gasteiger partial charge in [-0.15, -0.1) is 0 Å². The number of hydrogen-bond donors (Lipinski definition) is 2. The van der Waals surface area contributed by atoms with Crippen molar-refractivity contribution in [2.75, 3.05) is 0 Å². The van der Waals surface area contributed by atoms with E-state index in [-0.39, 0.29) is 23.2 Å². The number of hydrogen-bond acceptors (Lipinski definition) is 3. The summed E-state index contributed by atoms with van der Waals surface area (Å²) in [5, 5.41) is 18.4. The van der Waals surface area contributed by atoms with Crippen molar-refractivity contribution in [3.8, 4) is 11.5 Å². The number of phenolic OH excluding ortho intramolecular Hbond substituents is 2. The lowest BCUT2D eigenvalue weighted by atomic mass is 10.1. The molecule has 68 valence electrons. The highest BCUT2D eigenvalue weighted by atomic mass is 16.3. The molecular formula is C10H10O3. The van der Waals surface area contributed by atoms with Crippen molar-refractivity contribution in [1.82, 2.24) is 0 Å². The molecule has 0 spiro atoms. The Balaban J connectivity index is 2.59. The Bertz CT molecular complexity index is 382. The normalized spacial score (nSPS) is 20.4. The molecule has 0 unspecified atom stereocenters. The van der Waals surface area contributed by atoms with E-state index in [2.05, 4.69) is 0 Å². The molecule has 0 radical (unpaired) electrons. The first-order valence-electron chi connectivity index (χ1n) is 4.18. The zero-order valence-electron chi connectivity index (χ0n) is 7.24. The van der Waals surface area contributed by atoms with Crippen LogP contribution in [0.5, 0.6) is 11.5 Å². The predicted octanol–water partition coefficient (Wildman–Crippen LogP) is 1.47. The highest BCUT2D eigenvalue weighted by molar-refractivity contribution is 6.02. The molecule has 13 heavy (non-hydrogen) atoms. The van der Waals surface area contributed by atoms with Gasteiger partial charge in [-0.3, -0.25) is 4.79 Å². The highest BCUT2D eigenvalue weighted by Crippen LogP contribution is 2.34. The van der Waals surface area contributed by atoms with E-state index in [9.17, 15) is 15.0 Å². The second-order valence-electron chi connectivity index (χ2n) is 3.47. The lowest BCUT2D eigenvalue weighted by molar-refractivity contribution is 0.0946. The molecule has 0 saturated carbocycles. The van der Waals surface area contributed by atoms with Gasteiger partial charge in [0.05, 0.1) is 0 Å². The summed E-state index contributed by atoms with van der Waals surface area (Å²) in [6, 6.07) is 2.81. The lowest BCUT2D eigenvalue weighted by Crippen LogP contribution is -2.02. The SMILES string of the molecule is C[C@@H]1Cc2cc(O)c(O)cc2C1=O. The lowest BCUT2D eigenvalue weighted by Gasteiger charge is -2.00. The van der Waals surface area contributed by atoms with Gasteiger partial charge in [0.2, 0.25) is 0 Å². The second kappa shape index (κ2) is 2.49. The maximum absolute atomic E-state index is 11.5. The fourth-order valence-electron chi connectivity index (χ4n) is 1.71. The first-order chi connectivity index (χ1) is 6.09. The highest BCUT2D eigenvalue weighted by Gasteiger charge is 2.28. The van der Waals surface area contributed by atoms with Gasteiger partial charge in [-0.2, -0.15) is 0 Å². The van der Waals surface area contributed by atoms with Crippen molar-refractivity contribution in [3.05, 3.63) is 23.3 Å². The van der Waals surface area contributed by atoms with Gasteiger partial charge in [0, 0.05) is 11.5 Å². The molecule has 1 atom stereocenters. The van der Waals surface area contributed by atoms with Crippen LogP contribution in [0.2, 0.25) is 0 Å². The molecule has 1 aromatic carbocycles. The van der Waals surface area contributed by atoms with Gasteiger partial charge in [-0.25, -0.2) is 0 Å². The molecule has 0 aromatic heterocycles. The van der Waals surface area contributed by atoms with E-state index in [1.54, 1.807) is 0 Å². The minimum absolute atomic E-state index is 0.0313. The maximum Gasteiger partial charge on any atom is 0.166 e. The fraction of sp³-hybridized carbons (Fsp3) is 0.300. The van der Waals surface area contributed by atoms with Gasteiger partial charge >= 0.3 is 0 Å². The largest absolute Gasteiger partial charge is 0.504 e. The molecule has 0 heterocycles. The van der Waals surface area contributed by atoms with E-state index in [0.717, 1.165) is 5.56 Å². The zero-order chi connectivity index (χ0) is 9.59.